The molecule has 1 atom stereocenters. The normalized spacial score (nSPS) is 12.1. The van der Waals surface area contributed by atoms with Crippen LogP contribution < -0.4 is 14.4 Å². The number of rotatable bonds is 7. The number of para-hydroxylation sites is 1. The van der Waals surface area contributed by atoms with E-state index in [1.807, 2.05) is 37.3 Å². The molecule has 3 aromatic carbocycles. The summed E-state index contributed by atoms with van der Waals surface area (Å²) in [6.07, 6.45) is 1.07. The van der Waals surface area contributed by atoms with Crippen LogP contribution in [0.2, 0.25) is 5.02 Å². The van der Waals surface area contributed by atoms with Gasteiger partial charge in [-0.05, 0) is 74.0 Å². The summed E-state index contributed by atoms with van der Waals surface area (Å²) in [5.41, 5.74) is 1.71. The highest BCUT2D eigenvalue weighted by molar-refractivity contribution is 7.92. The third-order valence-corrected chi connectivity index (χ3v) is 6.08. The largest absolute Gasteiger partial charge is 0.457 e. The Bertz CT molecular complexity index is 1170. The average molecular weight is 459 g/mol. The molecule has 0 radical (unpaired) electrons. The maximum Gasteiger partial charge on any atom is 0.248 e. The second-order valence-corrected chi connectivity index (χ2v) is 9.39. The Balaban J connectivity index is 1.81. The second-order valence-electron chi connectivity index (χ2n) is 7.09. The maximum absolute atomic E-state index is 12.8. The molecule has 3 aromatic rings. The summed E-state index contributed by atoms with van der Waals surface area (Å²) in [5, 5.41) is 3.33. The van der Waals surface area contributed by atoms with Gasteiger partial charge in [0.05, 0.1) is 11.9 Å². The third kappa shape index (κ3) is 5.77. The topological polar surface area (TPSA) is 75.7 Å². The van der Waals surface area contributed by atoms with E-state index >= 15 is 0 Å². The number of benzene rings is 3. The van der Waals surface area contributed by atoms with Gasteiger partial charge in [-0.25, -0.2) is 8.42 Å². The molecule has 0 heterocycles. The van der Waals surface area contributed by atoms with Crippen LogP contribution in [0.4, 0.5) is 11.4 Å². The predicted molar refractivity (Wildman–Crippen MR) is 125 cm³/mol. The Morgan fingerprint density at radius 3 is 2.19 bits per heavy atom. The van der Waals surface area contributed by atoms with Crippen molar-refractivity contribution in [1.29, 1.82) is 0 Å². The number of carbonyl (C=O) groups excluding carboxylic acids is 1. The molecule has 0 aliphatic heterocycles. The molecule has 0 fully saturated rings. The first-order valence-corrected chi connectivity index (χ1v) is 11.8. The van der Waals surface area contributed by atoms with Crippen molar-refractivity contribution in [2.45, 2.75) is 19.9 Å². The summed E-state index contributed by atoms with van der Waals surface area (Å²) < 4.78 is 31.9. The van der Waals surface area contributed by atoms with Crippen molar-refractivity contribution >= 4 is 38.9 Å². The molecule has 0 aromatic heterocycles. The first-order chi connectivity index (χ1) is 14.6. The number of aryl methyl sites for hydroxylation is 1. The Kier molecular flexibility index (Phi) is 6.87. The standard InChI is InChI=1S/C23H23ClN2O4S/c1-16-15-18(24)9-14-22(16)25-23(27)17(2)26(31(3,28)29)19-10-12-21(13-11-19)30-20-7-5-4-6-8-20/h4-15,17H,1-3H3,(H,25,27)/t17-/m1/s1. The zero-order valence-electron chi connectivity index (χ0n) is 17.4. The lowest BCUT2D eigenvalue weighted by molar-refractivity contribution is -0.116. The van der Waals surface area contributed by atoms with E-state index < -0.39 is 22.0 Å². The Morgan fingerprint density at radius 1 is 1.00 bits per heavy atom. The number of nitrogens with zero attached hydrogens (tertiary/aromatic N) is 1. The van der Waals surface area contributed by atoms with Gasteiger partial charge >= 0.3 is 0 Å². The van der Waals surface area contributed by atoms with Crippen molar-refractivity contribution < 1.29 is 17.9 Å². The van der Waals surface area contributed by atoms with Crippen LogP contribution in [-0.4, -0.2) is 26.6 Å². The first kappa shape index (κ1) is 22.7. The highest BCUT2D eigenvalue weighted by Crippen LogP contribution is 2.27. The number of halogens is 1. The second kappa shape index (κ2) is 9.41. The fourth-order valence-electron chi connectivity index (χ4n) is 3.10. The summed E-state index contributed by atoms with van der Waals surface area (Å²) in [6, 6.07) is 19.9. The van der Waals surface area contributed by atoms with Gasteiger partial charge in [0, 0.05) is 10.7 Å². The summed E-state index contributed by atoms with van der Waals surface area (Å²) in [6.45, 7) is 3.35. The average Bonchev–Trinajstić information content (AvgIpc) is 2.71. The summed E-state index contributed by atoms with van der Waals surface area (Å²) in [5.74, 6) is 0.763. The van der Waals surface area contributed by atoms with E-state index in [2.05, 4.69) is 5.32 Å². The number of nitrogens with one attached hydrogen (secondary N) is 1. The van der Waals surface area contributed by atoms with Gasteiger partial charge < -0.3 is 10.1 Å². The van der Waals surface area contributed by atoms with Crippen molar-refractivity contribution in [1.82, 2.24) is 0 Å². The van der Waals surface area contributed by atoms with Crippen LogP contribution in [0.1, 0.15) is 12.5 Å². The zero-order valence-corrected chi connectivity index (χ0v) is 18.9. The number of anilines is 2. The molecule has 8 heteroatoms. The number of carbonyl (C=O) groups is 1. The van der Waals surface area contributed by atoms with Crippen molar-refractivity contribution in [2.75, 3.05) is 15.9 Å². The molecular formula is C23H23ClN2O4S. The van der Waals surface area contributed by atoms with Gasteiger partial charge in [-0.3, -0.25) is 9.10 Å². The van der Waals surface area contributed by atoms with Gasteiger partial charge in [-0.1, -0.05) is 29.8 Å². The van der Waals surface area contributed by atoms with Crippen molar-refractivity contribution in [3.63, 3.8) is 0 Å². The smallest absolute Gasteiger partial charge is 0.248 e. The van der Waals surface area contributed by atoms with Gasteiger partial charge in [0.25, 0.3) is 0 Å². The minimum Gasteiger partial charge on any atom is -0.457 e. The zero-order chi connectivity index (χ0) is 22.6. The molecule has 1 amide bonds. The lowest BCUT2D eigenvalue weighted by Crippen LogP contribution is -2.45. The van der Waals surface area contributed by atoms with Crippen LogP contribution in [0, 0.1) is 6.92 Å². The fraction of sp³-hybridized carbons (Fsp3) is 0.174. The summed E-state index contributed by atoms with van der Waals surface area (Å²) in [7, 11) is -3.73. The molecular weight excluding hydrogens is 436 g/mol. The monoisotopic (exact) mass is 458 g/mol. The molecule has 31 heavy (non-hydrogen) atoms. The Morgan fingerprint density at radius 2 is 1.61 bits per heavy atom. The predicted octanol–water partition coefficient (Wildman–Crippen LogP) is 5.23. The van der Waals surface area contributed by atoms with E-state index in [-0.39, 0.29) is 0 Å². The van der Waals surface area contributed by atoms with E-state index in [1.54, 1.807) is 42.5 Å². The molecule has 0 bridgehead atoms. The van der Waals surface area contributed by atoms with Crippen molar-refractivity contribution in [3.8, 4) is 11.5 Å². The molecule has 0 aliphatic rings. The van der Waals surface area contributed by atoms with E-state index in [9.17, 15) is 13.2 Å². The molecule has 0 saturated carbocycles. The summed E-state index contributed by atoms with van der Waals surface area (Å²) in [4.78, 5) is 12.8. The summed E-state index contributed by atoms with van der Waals surface area (Å²) >= 11 is 5.96. The number of sulfonamides is 1. The fourth-order valence-corrected chi connectivity index (χ4v) is 4.50. The molecule has 0 saturated heterocycles. The molecule has 0 aliphatic carbocycles. The van der Waals surface area contributed by atoms with Crippen LogP contribution in [-0.2, 0) is 14.8 Å². The molecule has 3 rings (SSSR count). The number of hydrogen-bond donors (Lipinski definition) is 1. The lowest BCUT2D eigenvalue weighted by Gasteiger charge is -2.28. The molecule has 162 valence electrons. The molecule has 0 spiro atoms. The lowest BCUT2D eigenvalue weighted by atomic mass is 10.2. The molecule has 0 unspecified atom stereocenters. The highest BCUT2D eigenvalue weighted by atomic mass is 35.5. The first-order valence-electron chi connectivity index (χ1n) is 9.54. The highest BCUT2D eigenvalue weighted by Gasteiger charge is 2.29. The van der Waals surface area contributed by atoms with E-state index in [1.165, 1.54) is 6.92 Å². The van der Waals surface area contributed by atoms with Crippen LogP contribution >= 0.6 is 11.6 Å². The SMILES string of the molecule is Cc1cc(Cl)ccc1NC(=O)[C@@H](C)N(c1ccc(Oc2ccccc2)cc1)S(C)(=O)=O. The van der Waals surface area contributed by atoms with Gasteiger partial charge in [-0.2, -0.15) is 0 Å². The van der Waals surface area contributed by atoms with Gasteiger partial charge in [-0.15, -0.1) is 0 Å². The minimum atomic E-state index is -3.73. The van der Waals surface area contributed by atoms with Crippen LogP contribution in [0.3, 0.4) is 0 Å². The van der Waals surface area contributed by atoms with Gasteiger partial charge in [0.15, 0.2) is 0 Å². The Hall–Kier alpha value is -3.03. The number of hydrogen-bond acceptors (Lipinski definition) is 4. The molecule has 6 nitrogen and oxygen atoms in total. The Labute approximate surface area is 187 Å². The molecule has 1 N–H and O–H groups in total. The van der Waals surface area contributed by atoms with Crippen molar-refractivity contribution in [3.05, 3.63) is 83.4 Å². The number of amides is 1. The van der Waals surface area contributed by atoms with Crippen LogP contribution in [0.5, 0.6) is 11.5 Å². The van der Waals surface area contributed by atoms with E-state index in [4.69, 9.17) is 16.3 Å². The van der Waals surface area contributed by atoms with Gasteiger partial charge in [0.1, 0.15) is 17.5 Å². The van der Waals surface area contributed by atoms with Crippen molar-refractivity contribution in [2.24, 2.45) is 0 Å². The van der Waals surface area contributed by atoms with Crippen LogP contribution in [0.25, 0.3) is 0 Å². The quantitative estimate of drug-likeness (QED) is 0.525. The van der Waals surface area contributed by atoms with E-state index in [0.29, 0.717) is 27.9 Å². The third-order valence-electron chi connectivity index (χ3n) is 4.60. The maximum atomic E-state index is 12.8. The van der Waals surface area contributed by atoms with Crippen LogP contribution in [0.15, 0.2) is 72.8 Å². The minimum absolute atomic E-state index is 0.360. The van der Waals surface area contributed by atoms with E-state index in [0.717, 1.165) is 16.1 Å². The van der Waals surface area contributed by atoms with Gasteiger partial charge in [0.2, 0.25) is 15.9 Å². The number of ether oxygens (including phenoxy) is 1.